The van der Waals surface area contributed by atoms with Crippen molar-refractivity contribution >= 4 is 0 Å². The minimum Gasteiger partial charge on any atom is -0.339 e. The van der Waals surface area contributed by atoms with E-state index in [9.17, 15) is 0 Å². The number of rotatable bonds is 0. The summed E-state index contributed by atoms with van der Waals surface area (Å²) in [6.45, 7) is 4.41. The molecule has 1 saturated heterocycles. The van der Waals surface area contributed by atoms with Crippen molar-refractivity contribution in [1.82, 2.24) is 0 Å². The van der Waals surface area contributed by atoms with Crippen LogP contribution in [0.5, 0.6) is 0 Å². The highest BCUT2D eigenvalue weighted by Crippen LogP contribution is 2.08. The van der Waals surface area contributed by atoms with E-state index in [2.05, 4.69) is 11.8 Å². The molecule has 9 heavy (non-hydrogen) atoms. The van der Waals surface area contributed by atoms with Gasteiger partial charge in [-0.3, -0.25) is 0 Å². The fourth-order valence-electron chi connectivity index (χ4n) is 0.706. The summed E-state index contributed by atoms with van der Waals surface area (Å²) >= 11 is 0. The Morgan fingerprint density at radius 1 is 1.56 bits per heavy atom. The normalized spacial score (nSPS) is 33.6. The van der Waals surface area contributed by atoms with Gasteiger partial charge in [-0.2, -0.15) is 0 Å². The molecule has 1 fully saturated rings. The van der Waals surface area contributed by atoms with Crippen molar-refractivity contribution < 1.29 is 9.47 Å². The van der Waals surface area contributed by atoms with Crippen molar-refractivity contribution in [2.24, 2.45) is 0 Å². The minimum atomic E-state index is -0.273. The van der Waals surface area contributed by atoms with Crippen molar-refractivity contribution in [3.63, 3.8) is 0 Å². The molecule has 1 aliphatic rings. The lowest BCUT2D eigenvalue weighted by molar-refractivity contribution is -0.00845. The number of hydrogen-bond donors (Lipinski definition) is 0. The average Bonchev–Trinajstić information content (AvgIpc) is 2.17. The molecule has 1 heterocycles. The van der Waals surface area contributed by atoms with Gasteiger partial charge < -0.3 is 9.47 Å². The standard InChI is InChI=1S/C7H10O2/c1-3-4-7-8-5-6(2)9-7/h6-7H,5H2,1-2H3. The van der Waals surface area contributed by atoms with E-state index in [1.54, 1.807) is 6.92 Å². The first-order valence-electron chi connectivity index (χ1n) is 3.02. The highest BCUT2D eigenvalue weighted by molar-refractivity contribution is 5.00. The maximum absolute atomic E-state index is 5.21. The van der Waals surface area contributed by atoms with Gasteiger partial charge in [0.1, 0.15) is 0 Å². The van der Waals surface area contributed by atoms with Gasteiger partial charge in [-0.25, -0.2) is 0 Å². The van der Waals surface area contributed by atoms with Gasteiger partial charge in [-0.15, -0.1) is 5.92 Å². The highest BCUT2D eigenvalue weighted by atomic mass is 16.7. The summed E-state index contributed by atoms with van der Waals surface area (Å²) in [6.07, 6.45) is -0.0687. The van der Waals surface area contributed by atoms with Crippen LogP contribution in [0.1, 0.15) is 13.8 Å². The highest BCUT2D eigenvalue weighted by Gasteiger charge is 2.19. The van der Waals surface area contributed by atoms with Gasteiger partial charge in [0.25, 0.3) is 0 Å². The second-order valence-corrected chi connectivity index (χ2v) is 2.01. The van der Waals surface area contributed by atoms with E-state index in [1.165, 1.54) is 0 Å². The van der Waals surface area contributed by atoms with E-state index in [0.717, 1.165) is 0 Å². The number of ether oxygens (including phenoxy) is 2. The third-order valence-electron chi connectivity index (χ3n) is 1.10. The molecule has 2 atom stereocenters. The first-order chi connectivity index (χ1) is 4.33. The molecular formula is C7H10O2. The largest absolute Gasteiger partial charge is 0.339 e. The lowest BCUT2D eigenvalue weighted by Crippen LogP contribution is -2.05. The second-order valence-electron chi connectivity index (χ2n) is 2.01. The van der Waals surface area contributed by atoms with E-state index >= 15 is 0 Å². The fourth-order valence-corrected chi connectivity index (χ4v) is 0.706. The molecule has 2 nitrogen and oxygen atoms in total. The van der Waals surface area contributed by atoms with Crippen LogP contribution in [-0.4, -0.2) is 19.0 Å². The summed E-state index contributed by atoms with van der Waals surface area (Å²) in [5, 5.41) is 0. The van der Waals surface area contributed by atoms with E-state index in [0.29, 0.717) is 6.61 Å². The first-order valence-corrected chi connectivity index (χ1v) is 3.02. The van der Waals surface area contributed by atoms with E-state index in [1.807, 2.05) is 6.92 Å². The molecule has 0 N–H and O–H groups in total. The van der Waals surface area contributed by atoms with Crippen LogP contribution in [0, 0.1) is 11.8 Å². The lowest BCUT2D eigenvalue weighted by atomic mass is 10.5. The third kappa shape index (κ3) is 1.70. The van der Waals surface area contributed by atoms with Crippen LogP contribution in [0.25, 0.3) is 0 Å². The quantitative estimate of drug-likeness (QED) is 0.446. The Hall–Kier alpha value is -0.520. The van der Waals surface area contributed by atoms with E-state index in [-0.39, 0.29) is 12.4 Å². The Morgan fingerprint density at radius 2 is 2.33 bits per heavy atom. The van der Waals surface area contributed by atoms with Crippen molar-refractivity contribution in [1.29, 1.82) is 0 Å². The van der Waals surface area contributed by atoms with Gasteiger partial charge in [-0.1, -0.05) is 0 Å². The summed E-state index contributed by atoms with van der Waals surface area (Å²) in [6, 6.07) is 0. The van der Waals surface area contributed by atoms with E-state index < -0.39 is 0 Å². The molecule has 0 saturated carbocycles. The molecule has 2 unspecified atom stereocenters. The van der Waals surface area contributed by atoms with Gasteiger partial charge in [0.05, 0.1) is 12.7 Å². The van der Waals surface area contributed by atoms with Crippen molar-refractivity contribution in [2.75, 3.05) is 6.61 Å². The number of hydrogen-bond acceptors (Lipinski definition) is 2. The molecular weight excluding hydrogens is 116 g/mol. The zero-order valence-corrected chi connectivity index (χ0v) is 5.68. The maximum Gasteiger partial charge on any atom is 0.222 e. The van der Waals surface area contributed by atoms with Crippen LogP contribution in [0.3, 0.4) is 0 Å². The van der Waals surface area contributed by atoms with E-state index in [4.69, 9.17) is 9.47 Å². The third-order valence-corrected chi connectivity index (χ3v) is 1.10. The summed E-state index contributed by atoms with van der Waals surface area (Å²) in [5.74, 6) is 5.51. The first kappa shape index (κ1) is 6.60. The molecule has 0 aromatic rings. The zero-order valence-electron chi connectivity index (χ0n) is 5.68. The van der Waals surface area contributed by atoms with Gasteiger partial charge in [0.2, 0.25) is 6.29 Å². The van der Waals surface area contributed by atoms with Crippen LogP contribution < -0.4 is 0 Å². The van der Waals surface area contributed by atoms with Crippen molar-refractivity contribution in [3.8, 4) is 11.8 Å². The predicted octanol–water partition coefficient (Wildman–Crippen LogP) is 0.771. The molecule has 2 heteroatoms. The Balaban J connectivity index is 2.36. The Labute approximate surface area is 55.1 Å². The van der Waals surface area contributed by atoms with Gasteiger partial charge in [0, 0.05) is 0 Å². The molecule has 0 spiro atoms. The Bertz CT molecular complexity index is 143. The molecule has 0 aromatic carbocycles. The summed E-state index contributed by atoms with van der Waals surface area (Å²) in [7, 11) is 0. The van der Waals surface area contributed by atoms with Gasteiger partial charge in [-0.05, 0) is 19.8 Å². The summed E-state index contributed by atoms with van der Waals surface area (Å²) in [5.41, 5.74) is 0. The van der Waals surface area contributed by atoms with Crippen LogP contribution in [0.4, 0.5) is 0 Å². The summed E-state index contributed by atoms with van der Waals surface area (Å²) < 4.78 is 10.3. The zero-order chi connectivity index (χ0) is 6.69. The van der Waals surface area contributed by atoms with Crippen LogP contribution in [0.2, 0.25) is 0 Å². The second kappa shape index (κ2) is 2.86. The molecule has 50 valence electrons. The fraction of sp³-hybridized carbons (Fsp3) is 0.714. The predicted molar refractivity (Wildman–Crippen MR) is 33.7 cm³/mol. The average molecular weight is 126 g/mol. The Morgan fingerprint density at radius 3 is 2.78 bits per heavy atom. The molecule has 0 amide bonds. The molecule has 1 aliphatic heterocycles. The monoisotopic (exact) mass is 126 g/mol. The maximum atomic E-state index is 5.21. The lowest BCUT2D eigenvalue weighted by Gasteiger charge is -1.98. The molecule has 1 rings (SSSR count). The molecule has 0 radical (unpaired) electrons. The molecule has 0 aromatic heterocycles. The van der Waals surface area contributed by atoms with Crippen molar-refractivity contribution in [2.45, 2.75) is 26.2 Å². The van der Waals surface area contributed by atoms with Crippen LogP contribution in [0.15, 0.2) is 0 Å². The van der Waals surface area contributed by atoms with Gasteiger partial charge >= 0.3 is 0 Å². The topological polar surface area (TPSA) is 18.5 Å². The SMILES string of the molecule is CC#CC1OCC(C)O1. The van der Waals surface area contributed by atoms with Crippen molar-refractivity contribution in [3.05, 3.63) is 0 Å². The van der Waals surface area contributed by atoms with Gasteiger partial charge in [0.15, 0.2) is 0 Å². The summed E-state index contributed by atoms with van der Waals surface area (Å²) in [4.78, 5) is 0. The smallest absolute Gasteiger partial charge is 0.222 e. The van der Waals surface area contributed by atoms with Crippen LogP contribution in [-0.2, 0) is 9.47 Å². The van der Waals surface area contributed by atoms with Crippen LogP contribution >= 0.6 is 0 Å². The molecule has 0 aliphatic carbocycles. The Kier molecular flexibility index (Phi) is 2.10. The minimum absolute atomic E-state index is 0.204. The molecule has 0 bridgehead atoms.